The molecule has 0 bridgehead atoms. The fourth-order valence-corrected chi connectivity index (χ4v) is 3.17. The van der Waals surface area contributed by atoms with Gasteiger partial charge in [-0.3, -0.25) is 9.78 Å². The van der Waals surface area contributed by atoms with E-state index in [4.69, 9.17) is 11.6 Å². The van der Waals surface area contributed by atoms with Crippen molar-refractivity contribution in [2.45, 2.75) is 16.7 Å². The van der Waals surface area contributed by atoms with Crippen molar-refractivity contribution in [3.8, 4) is 0 Å². The quantitative estimate of drug-likeness (QED) is 0.649. The highest BCUT2D eigenvalue weighted by molar-refractivity contribution is 7.99. The molecule has 25 heavy (non-hydrogen) atoms. The van der Waals surface area contributed by atoms with Gasteiger partial charge in [-0.1, -0.05) is 23.4 Å². The predicted molar refractivity (Wildman–Crippen MR) is 98.9 cm³/mol. The molecule has 0 saturated carbocycles. The monoisotopic (exact) mass is 372 g/mol. The topological polar surface area (TPSA) is 42.0 Å². The highest BCUT2D eigenvalue weighted by Gasteiger charge is 2.11. The van der Waals surface area contributed by atoms with Crippen LogP contribution in [0.4, 0.5) is 10.1 Å². The number of anilines is 1. The summed E-state index contributed by atoms with van der Waals surface area (Å²) in [5.74, 6) is -0.559. The number of aromatic nitrogens is 1. The normalized spacial score (nSPS) is 10.5. The number of benzene rings is 2. The van der Waals surface area contributed by atoms with Crippen molar-refractivity contribution < 1.29 is 9.18 Å². The molecule has 2 aromatic carbocycles. The molecule has 0 aliphatic heterocycles. The Labute approximate surface area is 154 Å². The molecule has 1 heterocycles. The summed E-state index contributed by atoms with van der Waals surface area (Å²) >= 11 is 7.48. The summed E-state index contributed by atoms with van der Waals surface area (Å²) in [6.07, 6.45) is 1.53. The number of amides is 1. The van der Waals surface area contributed by atoms with E-state index in [1.807, 2.05) is 13.0 Å². The van der Waals surface area contributed by atoms with Gasteiger partial charge in [0.05, 0.1) is 11.3 Å². The number of rotatable bonds is 4. The van der Waals surface area contributed by atoms with Crippen molar-refractivity contribution >= 4 is 35.0 Å². The molecule has 0 atom stereocenters. The summed E-state index contributed by atoms with van der Waals surface area (Å²) in [6.45, 7) is 1.86. The second kappa shape index (κ2) is 7.68. The fourth-order valence-electron chi connectivity index (χ4n) is 2.12. The molecule has 1 amide bonds. The first-order chi connectivity index (χ1) is 12.0. The number of pyridine rings is 1. The molecule has 126 valence electrons. The van der Waals surface area contributed by atoms with Crippen LogP contribution in [0.25, 0.3) is 0 Å². The Morgan fingerprint density at radius 3 is 2.56 bits per heavy atom. The third kappa shape index (κ3) is 4.59. The number of nitrogens with one attached hydrogen (secondary N) is 1. The zero-order valence-electron chi connectivity index (χ0n) is 13.3. The Hall–Kier alpha value is -2.37. The lowest BCUT2D eigenvalue weighted by Gasteiger charge is -2.11. The molecule has 0 fully saturated rings. The Morgan fingerprint density at radius 1 is 1.12 bits per heavy atom. The van der Waals surface area contributed by atoms with Gasteiger partial charge in [0.15, 0.2) is 0 Å². The van der Waals surface area contributed by atoms with Gasteiger partial charge in [0.2, 0.25) is 0 Å². The number of carbonyl (C=O) groups is 1. The molecule has 3 rings (SSSR count). The summed E-state index contributed by atoms with van der Waals surface area (Å²) in [6, 6.07) is 14.9. The van der Waals surface area contributed by atoms with Crippen LogP contribution in [0.1, 0.15) is 16.1 Å². The maximum absolute atomic E-state index is 13.1. The van der Waals surface area contributed by atoms with Crippen molar-refractivity contribution in [2.75, 3.05) is 5.32 Å². The van der Waals surface area contributed by atoms with Crippen molar-refractivity contribution in [3.63, 3.8) is 0 Å². The molecule has 0 saturated heterocycles. The summed E-state index contributed by atoms with van der Waals surface area (Å²) in [5.41, 5.74) is 1.89. The molecule has 3 aromatic rings. The summed E-state index contributed by atoms with van der Waals surface area (Å²) in [5, 5.41) is 3.38. The first-order valence-electron chi connectivity index (χ1n) is 7.48. The average molecular weight is 373 g/mol. The lowest BCUT2D eigenvalue weighted by atomic mass is 10.2. The van der Waals surface area contributed by atoms with Crippen LogP contribution >= 0.6 is 23.4 Å². The summed E-state index contributed by atoms with van der Waals surface area (Å²) < 4.78 is 13.1. The van der Waals surface area contributed by atoms with Crippen LogP contribution in [0, 0.1) is 12.7 Å². The zero-order chi connectivity index (χ0) is 17.8. The molecule has 1 aromatic heterocycles. The Balaban J connectivity index is 1.84. The summed E-state index contributed by atoms with van der Waals surface area (Å²) in [4.78, 5) is 18.2. The number of carbonyl (C=O) groups excluding carboxylic acids is 1. The number of hydrogen-bond acceptors (Lipinski definition) is 3. The van der Waals surface area contributed by atoms with E-state index in [9.17, 15) is 9.18 Å². The molecule has 0 aliphatic carbocycles. The molecule has 1 N–H and O–H groups in total. The van der Waals surface area contributed by atoms with Gasteiger partial charge in [-0.25, -0.2) is 4.39 Å². The van der Waals surface area contributed by atoms with Gasteiger partial charge in [-0.05, 0) is 61.5 Å². The zero-order valence-corrected chi connectivity index (χ0v) is 14.9. The molecule has 0 aliphatic rings. The standard InChI is InChI=1S/C19H14ClFN2OS/c1-12-2-3-13(11-22-12)19(24)23-17-10-14(20)4-9-18(17)25-16-7-5-15(21)6-8-16/h2-11H,1H3,(H,23,24). The second-order valence-corrected chi connectivity index (χ2v) is 6.89. The van der Waals surface area contributed by atoms with E-state index in [-0.39, 0.29) is 11.7 Å². The van der Waals surface area contributed by atoms with Crippen molar-refractivity contribution in [2.24, 2.45) is 0 Å². The highest BCUT2D eigenvalue weighted by atomic mass is 35.5. The highest BCUT2D eigenvalue weighted by Crippen LogP contribution is 2.35. The van der Waals surface area contributed by atoms with E-state index in [0.29, 0.717) is 16.3 Å². The van der Waals surface area contributed by atoms with Crippen molar-refractivity contribution in [3.05, 3.63) is 82.9 Å². The Bertz CT molecular complexity index is 898. The van der Waals surface area contributed by atoms with Crippen molar-refractivity contribution in [1.82, 2.24) is 4.98 Å². The fraction of sp³-hybridized carbons (Fsp3) is 0.0526. The summed E-state index contributed by atoms with van der Waals surface area (Å²) in [7, 11) is 0. The van der Waals surface area contributed by atoms with Gasteiger partial charge in [0.25, 0.3) is 5.91 Å². The molecule has 3 nitrogen and oxygen atoms in total. The lowest BCUT2D eigenvalue weighted by Crippen LogP contribution is -2.13. The second-order valence-electron chi connectivity index (χ2n) is 5.34. The maximum Gasteiger partial charge on any atom is 0.257 e. The van der Waals surface area contributed by atoms with Crippen LogP contribution in [0.3, 0.4) is 0 Å². The molecule has 6 heteroatoms. The van der Waals surface area contributed by atoms with Gasteiger partial charge in [0.1, 0.15) is 5.82 Å². The predicted octanol–water partition coefficient (Wildman–Crippen LogP) is 5.59. The third-order valence-corrected chi connectivity index (χ3v) is 4.72. The molecular formula is C19H14ClFN2OS. The van der Waals surface area contributed by atoms with Crippen LogP contribution in [0.15, 0.2) is 70.6 Å². The molecular weight excluding hydrogens is 359 g/mol. The first kappa shape index (κ1) is 17.5. The first-order valence-corrected chi connectivity index (χ1v) is 8.68. The minimum absolute atomic E-state index is 0.268. The minimum atomic E-state index is -0.291. The minimum Gasteiger partial charge on any atom is -0.321 e. The molecule has 0 unspecified atom stereocenters. The number of hydrogen-bond donors (Lipinski definition) is 1. The Kier molecular flexibility index (Phi) is 5.36. The van der Waals surface area contributed by atoms with E-state index < -0.39 is 0 Å². The van der Waals surface area contributed by atoms with Gasteiger partial charge in [-0.15, -0.1) is 0 Å². The van der Waals surface area contributed by atoms with Gasteiger partial charge >= 0.3 is 0 Å². The molecule has 0 radical (unpaired) electrons. The van der Waals surface area contributed by atoms with Gasteiger partial charge < -0.3 is 5.32 Å². The number of halogens is 2. The van der Waals surface area contributed by atoms with E-state index >= 15 is 0 Å². The number of nitrogens with zero attached hydrogens (tertiary/aromatic N) is 1. The van der Waals surface area contributed by atoms with Crippen molar-refractivity contribution in [1.29, 1.82) is 0 Å². The van der Waals surface area contributed by atoms with E-state index in [2.05, 4.69) is 10.3 Å². The smallest absolute Gasteiger partial charge is 0.257 e. The lowest BCUT2D eigenvalue weighted by molar-refractivity contribution is 0.102. The van der Waals surface area contributed by atoms with Crippen LogP contribution in [-0.2, 0) is 0 Å². The van der Waals surface area contributed by atoms with Crippen LogP contribution in [-0.4, -0.2) is 10.9 Å². The van der Waals surface area contributed by atoms with Gasteiger partial charge in [-0.2, -0.15) is 0 Å². The largest absolute Gasteiger partial charge is 0.321 e. The van der Waals surface area contributed by atoms with E-state index in [1.165, 1.54) is 30.1 Å². The van der Waals surface area contributed by atoms with E-state index in [1.54, 1.807) is 36.4 Å². The molecule has 0 spiro atoms. The maximum atomic E-state index is 13.1. The Morgan fingerprint density at radius 2 is 1.88 bits per heavy atom. The van der Waals surface area contributed by atoms with Gasteiger partial charge in [0, 0.05) is 26.7 Å². The third-order valence-electron chi connectivity index (χ3n) is 3.40. The number of aryl methyl sites for hydroxylation is 1. The van der Waals surface area contributed by atoms with Crippen LogP contribution < -0.4 is 5.32 Å². The van der Waals surface area contributed by atoms with Crippen LogP contribution in [0.5, 0.6) is 0 Å². The SMILES string of the molecule is Cc1ccc(C(=O)Nc2cc(Cl)ccc2Sc2ccc(F)cc2)cn1. The van der Waals surface area contributed by atoms with E-state index in [0.717, 1.165) is 15.5 Å². The average Bonchev–Trinajstić information content (AvgIpc) is 2.59. The van der Waals surface area contributed by atoms with Crippen LogP contribution in [0.2, 0.25) is 5.02 Å².